The first-order chi connectivity index (χ1) is 10.1. The normalized spacial score (nSPS) is 13.8. The van der Waals surface area contributed by atoms with Crippen molar-refractivity contribution in [3.05, 3.63) is 35.4 Å². The minimum absolute atomic E-state index is 0.0131. The first-order valence-electron chi connectivity index (χ1n) is 7.19. The van der Waals surface area contributed by atoms with Crippen molar-refractivity contribution < 1.29 is 14.7 Å². The van der Waals surface area contributed by atoms with Crippen molar-refractivity contribution in [2.45, 2.75) is 45.6 Å². The molecule has 0 unspecified atom stereocenters. The van der Waals surface area contributed by atoms with Crippen molar-refractivity contribution in [1.82, 2.24) is 5.32 Å². The third-order valence-electron chi connectivity index (χ3n) is 3.43. The number of benzene rings is 1. The van der Waals surface area contributed by atoms with E-state index in [1.807, 2.05) is 18.2 Å². The highest BCUT2D eigenvalue weighted by molar-refractivity contribution is 5.96. The number of nitrogens with one attached hydrogen (secondary N) is 1. The van der Waals surface area contributed by atoms with Gasteiger partial charge in [-0.1, -0.05) is 32.9 Å². The van der Waals surface area contributed by atoms with Crippen LogP contribution in [-0.2, 0) is 10.2 Å². The van der Waals surface area contributed by atoms with Gasteiger partial charge < -0.3 is 10.4 Å². The number of nitrogens with zero attached hydrogens (tertiary/aromatic N) is 1. The molecule has 0 heterocycles. The van der Waals surface area contributed by atoms with Gasteiger partial charge in [0.1, 0.15) is 6.04 Å². The summed E-state index contributed by atoms with van der Waals surface area (Å²) in [5.41, 5.74) is 1.49. The van der Waals surface area contributed by atoms with Crippen molar-refractivity contribution in [3.8, 4) is 6.07 Å². The van der Waals surface area contributed by atoms with Crippen LogP contribution in [0.4, 0.5) is 0 Å². The van der Waals surface area contributed by atoms with Crippen LogP contribution in [0.5, 0.6) is 0 Å². The standard InChI is InChI=1S/C17H22N2O3/c1-11(10-18)9-14(16(21)22)19-15(20)12-5-7-13(8-6-12)17(2,3)4/h5-8,11,14H,9H2,1-4H3,(H,19,20)(H,21,22)/t11-,14+/m1/s1. The molecular formula is C17H22N2O3. The summed E-state index contributed by atoms with van der Waals surface area (Å²) >= 11 is 0. The van der Waals surface area contributed by atoms with Crippen LogP contribution < -0.4 is 5.32 Å². The molecule has 0 bridgehead atoms. The van der Waals surface area contributed by atoms with Crippen LogP contribution in [0.1, 0.15) is 50.0 Å². The number of rotatable bonds is 5. The molecular weight excluding hydrogens is 280 g/mol. The van der Waals surface area contributed by atoms with E-state index in [-0.39, 0.29) is 11.8 Å². The summed E-state index contributed by atoms with van der Waals surface area (Å²) in [7, 11) is 0. The van der Waals surface area contributed by atoms with Gasteiger partial charge in [-0.25, -0.2) is 4.79 Å². The lowest BCUT2D eigenvalue weighted by Crippen LogP contribution is -2.41. The Morgan fingerprint density at radius 1 is 1.27 bits per heavy atom. The van der Waals surface area contributed by atoms with E-state index in [9.17, 15) is 9.59 Å². The van der Waals surface area contributed by atoms with E-state index < -0.39 is 23.8 Å². The third kappa shape index (κ3) is 4.88. The lowest BCUT2D eigenvalue weighted by atomic mass is 9.86. The number of amides is 1. The largest absolute Gasteiger partial charge is 0.480 e. The van der Waals surface area contributed by atoms with Gasteiger partial charge in [0.05, 0.1) is 6.07 Å². The third-order valence-corrected chi connectivity index (χ3v) is 3.43. The summed E-state index contributed by atoms with van der Waals surface area (Å²) in [5, 5.41) is 20.4. The highest BCUT2D eigenvalue weighted by atomic mass is 16.4. The van der Waals surface area contributed by atoms with Crippen molar-refractivity contribution in [2.24, 2.45) is 5.92 Å². The van der Waals surface area contributed by atoms with Gasteiger partial charge in [0.2, 0.25) is 0 Å². The Morgan fingerprint density at radius 3 is 2.23 bits per heavy atom. The van der Waals surface area contributed by atoms with E-state index in [1.54, 1.807) is 19.1 Å². The molecule has 0 saturated carbocycles. The van der Waals surface area contributed by atoms with Crippen molar-refractivity contribution in [2.75, 3.05) is 0 Å². The Labute approximate surface area is 131 Å². The van der Waals surface area contributed by atoms with E-state index in [2.05, 4.69) is 26.1 Å². The zero-order valence-corrected chi connectivity index (χ0v) is 13.4. The molecule has 5 nitrogen and oxygen atoms in total. The molecule has 1 rings (SSSR count). The molecule has 2 atom stereocenters. The predicted octanol–water partition coefficient (Wildman–Crippen LogP) is 2.72. The van der Waals surface area contributed by atoms with Gasteiger partial charge in [-0.05, 0) is 36.5 Å². The van der Waals surface area contributed by atoms with Crippen LogP contribution in [0, 0.1) is 17.2 Å². The van der Waals surface area contributed by atoms with E-state index in [4.69, 9.17) is 10.4 Å². The van der Waals surface area contributed by atoms with E-state index in [0.29, 0.717) is 5.56 Å². The van der Waals surface area contributed by atoms with Crippen molar-refractivity contribution in [3.63, 3.8) is 0 Å². The number of hydrogen-bond donors (Lipinski definition) is 2. The lowest BCUT2D eigenvalue weighted by Gasteiger charge is -2.19. The molecule has 0 saturated heterocycles. The quantitative estimate of drug-likeness (QED) is 0.875. The molecule has 5 heteroatoms. The topological polar surface area (TPSA) is 90.2 Å². The van der Waals surface area contributed by atoms with E-state index in [0.717, 1.165) is 5.56 Å². The van der Waals surface area contributed by atoms with Crippen molar-refractivity contribution >= 4 is 11.9 Å². The number of carbonyl (C=O) groups is 2. The van der Waals surface area contributed by atoms with Gasteiger partial charge in [-0.15, -0.1) is 0 Å². The lowest BCUT2D eigenvalue weighted by molar-refractivity contribution is -0.139. The average Bonchev–Trinajstić information content (AvgIpc) is 2.45. The van der Waals surface area contributed by atoms with Crippen molar-refractivity contribution in [1.29, 1.82) is 5.26 Å². The second-order valence-electron chi connectivity index (χ2n) is 6.46. The fraction of sp³-hybridized carbons (Fsp3) is 0.471. The molecule has 0 aliphatic rings. The van der Waals surface area contributed by atoms with Gasteiger partial charge in [-0.2, -0.15) is 5.26 Å². The maximum absolute atomic E-state index is 12.1. The summed E-state index contributed by atoms with van der Waals surface area (Å²) in [6.45, 7) is 7.85. The molecule has 0 spiro atoms. The number of aliphatic carboxylic acids is 1. The monoisotopic (exact) mass is 302 g/mol. The minimum atomic E-state index is -1.14. The van der Waals surface area contributed by atoms with E-state index in [1.165, 1.54) is 0 Å². The maximum atomic E-state index is 12.1. The number of carboxylic acids is 1. The molecule has 118 valence electrons. The molecule has 2 N–H and O–H groups in total. The Balaban J connectivity index is 2.82. The first kappa shape index (κ1) is 17.7. The van der Waals surface area contributed by atoms with Crippen LogP contribution in [0.15, 0.2) is 24.3 Å². The Kier molecular flexibility index (Phi) is 5.69. The van der Waals surface area contributed by atoms with Crippen LogP contribution in [0.3, 0.4) is 0 Å². The molecule has 1 aromatic carbocycles. The summed E-state index contributed by atoms with van der Waals surface area (Å²) in [6.07, 6.45) is 0.0810. The predicted molar refractivity (Wildman–Crippen MR) is 83.4 cm³/mol. The zero-order chi connectivity index (χ0) is 16.9. The number of nitriles is 1. The average molecular weight is 302 g/mol. The second-order valence-corrected chi connectivity index (χ2v) is 6.46. The van der Waals surface area contributed by atoms with Gasteiger partial charge in [0.25, 0.3) is 5.91 Å². The molecule has 0 aliphatic carbocycles. The molecule has 1 amide bonds. The van der Waals surface area contributed by atoms with E-state index >= 15 is 0 Å². The fourth-order valence-corrected chi connectivity index (χ4v) is 1.99. The molecule has 1 aromatic rings. The van der Waals surface area contributed by atoms with Crippen LogP contribution in [0.2, 0.25) is 0 Å². The van der Waals surface area contributed by atoms with Gasteiger partial charge in [0, 0.05) is 11.5 Å². The second kappa shape index (κ2) is 7.08. The summed E-state index contributed by atoms with van der Waals surface area (Å²) in [6, 6.07) is 8.00. The molecule has 0 aliphatic heterocycles. The first-order valence-corrected chi connectivity index (χ1v) is 7.19. The van der Waals surface area contributed by atoms with Gasteiger partial charge >= 0.3 is 5.97 Å². The zero-order valence-electron chi connectivity index (χ0n) is 13.4. The SMILES string of the molecule is C[C@@H](C#N)C[C@H](NC(=O)c1ccc(C(C)(C)C)cc1)C(=O)O. The molecule has 0 radical (unpaired) electrons. The number of carbonyl (C=O) groups excluding carboxylic acids is 1. The number of carboxylic acid groups (broad SMARTS) is 1. The fourth-order valence-electron chi connectivity index (χ4n) is 1.99. The molecule has 22 heavy (non-hydrogen) atoms. The molecule has 0 fully saturated rings. The van der Waals surface area contributed by atoms with Crippen LogP contribution in [0.25, 0.3) is 0 Å². The minimum Gasteiger partial charge on any atom is -0.480 e. The van der Waals surface area contributed by atoms with Crippen LogP contribution >= 0.6 is 0 Å². The Hall–Kier alpha value is -2.35. The van der Waals surface area contributed by atoms with Crippen LogP contribution in [-0.4, -0.2) is 23.0 Å². The maximum Gasteiger partial charge on any atom is 0.326 e. The number of hydrogen-bond acceptors (Lipinski definition) is 3. The highest BCUT2D eigenvalue weighted by Gasteiger charge is 2.23. The Bertz CT molecular complexity index is 579. The summed E-state index contributed by atoms with van der Waals surface area (Å²) in [4.78, 5) is 23.3. The summed E-state index contributed by atoms with van der Waals surface area (Å²) < 4.78 is 0. The Morgan fingerprint density at radius 2 is 1.82 bits per heavy atom. The van der Waals surface area contributed by atoms with Gasteiger partial charge in [-0.3, -0.25) is 4.79 Å². The van der Waals surface area contributed by atoms with Gasteiger partial charge in [0.15, 0.2) is 0 Å². The molecule has 0 aromatic heterocycles. The highest BCUT2D eigenvalue weighted by Crippen LogP contribution is 2.22. The smallest absolute Gasteiger partial charge is 0.326 e. The summed E-state index contributed by atoms with van der Waals surface area (Å²) in [5.74, 6) is -2.02.